The van der Waals surface area contributed by atoms with Crippen LogP contribution in [0.5, 0.6) is 0 Å². The molecule has 1 amide bonds. The van der Waals surface area contributed by atoms with Crippen molar-refractivity contribution in [3.8, 4) is 0 Å². The lowest BCUT2D eigenvalue weighted by atomic mass is 10.0. The third kappa shape index (κ3) is 4.50. The highest BCUT2D eigenvalue weighted by Crippen LogP contribution is 2.28. The van der Waals surface area contributed by atoms with Crippen molar-refractivity contribution in [2.75, 3.05) is 0 Å². The summed E-state index contributed by atoms with van der Waals surface area (Å²) >= 11 is 0. The quantitative estimate of drug-likeness (QED) is 0.845. The van der Waals surface area contributed by atoms with Crippen LogP contribution >= 0.6 is 0 Å². The van der Waals surface area contributed by atoms with Gasteiger partial charge in [-0.15, -0.1) is 0 Å². The maximum Gasteiger partial charge on any atom is 0.220 e. The Morgan fingerprint density at radius 1 is 1.32 bits per heavy atom. The summed E-state index contributed by atoms with van der Waals surface area (Å²) < 4.78 is 26.1. The molecule has 5 heteroatoms. The van der Waals surface area contributed by atoms with E-state index in [-0.39, 0.29) is 11.5 Å². The molecule has 0 radical (unpaired) electrons. The van der Waals surface area contributed by atoms with Crippen molar-refractivity contribution in [3.05, 3.63) is 35.4 Å². The Morgan fingerprint density at radius 3 is 2.64 bits per heavy atom. The molecule has 0 spiro atoms. The molecule has 2 atom stereocenters. The van der Waals surface area contributed by atoms with Crippen molar-refractivity contribution in [3.63, 3.8) is 0 Å². The molecule has 1 aromatic rings. The number of hydrogen-bond acceptors (Lipinski definition) is 2. The fourth-order valence-electron chi connectivity index (χ4n) is 3.02. The van der Waals surface area contributed by atoms with Gasteiger partial charge in [-0.05, 0) is 37.0 Å². The third-order valence-electron chi connectivity index (χ3n) is 4.40. The molecule has 1 aromatic carbocycles. The second-order valence-electron chi connectivity index (χ2n) is 6.16. The fourth-order valence-corrected chi connectivity index (χ4v) is 3.02. The van der Waals surface area contributed by atoms with Crippen molar-refractivity contribution in [2.45, 2.75) is 57.6 Å². The van der Waals surface area contributed by atoms with E-state index >= 15 is 0 Å². The van der Waals surface area contributed by atoms with Crippen LogP contribution < -0.4 is 5.32 Å². The smallest absolute Gasteiger partial charge is 0.220 e. The SMILES string of the molecule is CC(NC(=O)CCC1CCCC1)C(O)c1ccc(F)c(F)c1. The molecule has 0 aromatic heterocycles. The van der Waals surface area contributed by atoms with E-state index in [4.69, 9.17) is 0 Å². The van der Waals surface area contributed by atoms with Gasteiger partial charge in [0.15, 0.2) is 11.6 Å². The molecule has 2 unspecified atom stereocenters. The molecule has 0 aliphatic heterocycles. The van der Waals surface area contributed by atoms with Crippen molar-refractivity contribution < 1.29 is 18.7 Å². The Kier molecular flexibility index (Phi) is 5.89. The molecule has 1 saturated carbocycles. The fraction of sp³-hybridized carbons (Fsp3) is 0.588. The molecule has 122 valence electrons. The van der Waals surface area contributed by atoms with Crippen molar-refractivity contribution >= 4 is 5.91 Å². The van der Waals surface area contributed by atoms with E-state index in [1.165, 1.54) is 31.7 Å². The zero-order chi connectivity index (χ0) is 16.1. The molecule has 1 fully saturated rings. The number of aliphatic hydroxyl groups is 1. The number of carbonyl (C=O) groups excluding carboxylic acids is 1. The van der Waals surface area contributed by atoms with E-state index in [1.54, 1.807) is 6.92 Å². The minimum absolute atomic E-state index is 0.110. The molecule has 1 aliphatic carbocycles. The number of rotatable bonds is 6. The summed E-state index contributed by atoms with van der Waals surface area (Å²) in [7, 11) is 0. The van der Waals surface area contributed by atoms with Crippen LogP contribution in [-0.4, -0.2) is 17.1 Å². The van der Waals surface area contributed by atoms with Gasteiger partial charge in [-0.1, -0.05) is 31.7 Å². The third-order valence-corrected chi connectivity index (χ3v) is 4.40. The van der Waals surface area contributed by atoms with Gasteiger partial charge < -0.3 is 10.4 Å². The first-order chi connectivity index (χ1) is 10.5. The topological polar surface area (TPSA) is 49.3 Å². The van der Waals surface area contributed by atoms with Gasteiger partial charge in [-0.3, -0.25) is 4.79 Å². The van der Waals surface area contributed by atoms with Gasteiger partial charge in [0.05, 0.1) is 12.1 Å². The minimum Gasteiger partial charge on any atom is -0.386 e. The van der Waals surface area contributed by atoms with Gasteiger partial charge in [0.25, 0.3) is 0 Å². The Balaban J connectivity index is 1.83. The average Bonchev–Trinajstić information content (AvgIpc) is 3.00. The van der Waals surface area contributed by atoms with Crippen molar-refractivity contribution in [1.82, 2.24) is 5.32 Å². The predicted molar refractivity (Wildman–Crippen MR) is 80.1 cm³/mol. The Morgan fingerprint density at radius 2 is 2.00 bits per heavy atom. The zero-order valence-corrected chi connectivity index (χ0v) is 12.8. The van der Waals surface area contributed by atoms with Crippen LogP contribution in [-0.2, 0) is 4.79 Å². The van der Waals surface area contributed by atoms with Gasteiger partial charge in [-0.25, -0.2) is 8.78 Å². The van der Waals surface area contributed by atoms with Gasteiger partial charge in [0.1, 0.15) is 0 Å². The first-order valence-electron chi connectivity index (χ1n) is 7.89. The lowest BCUT2D eigenvalue weighted by molar-refractivity contribution is -0.122. The number of halogens is 2. The van der Waals surface area contributed by atoms with E-state index in [0.29, 0.717) is 12.3 Å². The van der Waals surface area contributed by atoms with Crippen LogP contribution in [0.4, 0.5) is 8.78 Å². The molecular formula is C17H23F2NO2. The molecule has 1 aliphatic rings. The van der Waals surface area contributed by atoms with E-state index in [9.17, 15) is 18.7 Å². The van der Waals surface area contributed by atoms with Gasteiger partial charge >= 0.3 is 0 Å². The van der Waals surface area contributed by atoms with Gasteiger partial charge in [0.2, 0.25) is 5.91 Å². The monoisotopic (exact) mass is 311 g/mol. The summed E-state index contributed by atoms with van der Waals surface area (Å²) in [4.78, 5) is 11.9. The van der Waals surface area contributed by atoms with E-state index in [0.717, 1.165) is 18.6 Å². The Labute approximate surface area is 129 Å². The lowest BCUT2D eigenvalue weighted by Crippen LogP contribution is -2.37. The summed E-state index contributed by atoms with van der Waals surface area (Å²) in [5.41, 5.74) is 0.252. The summed E-state index contributed by atoms with van der Waals surface area (Å²) in [5, 5.41) is 12.9. The number of aliphatic hydroxyl groups excluding tert-OH is 1. The maximum atomic E-state index is 13.2. The Hall–Kier alpha value is -1.49. The minimum atomic E-state index is -1.06. The highest BCUT2D eigenvalue weighted by Gasteiger charge is 2.21. The normalized spacial score (nSPS) is 18.2. The highest BCUT2D eigenvalue weighted by molar-refractivity contribution is 5.76. The van der Waals surface area contributed by atoms with E-state index in [2.05, 4.69) is 5.32 Å². The molecule has 22 heavy (non-hydrogen) atoms. The molecule has 3 nitrogen and oxygen atoms in total. The van der Waals surface area contributed by atoms with Crippen LogP contribution in [0, 0.1) is 17.6 Å². The highest BCUT2D eigenvalue weighted by atomic mass is 19.2. The van der Waals surface area contributed by atoms with Crippen LogP contribution in [0.2, 0.25) is 0 Å². The number of nitrogens with one attached hydrogen (secondary N) is 1. The van der Waals surface area contributed by atoms with Gasteiger partial charge in [0, 0.05) is 6.42 Å². The lowest BCUT2D eigenvalue weighted by Gasteiger charge is -2.21. The summed E-state index contributed by atoms with van der Waals surface area (Å²) in [6, 6.07) is 2.70. The number of amides is 1. The molecular weight excluding hydrogens is 288 g/mol. The summed E-state index contributed by atoms with van der Waals surface area (Å²) in [5.74, 6) is -1.43. The van der Waals surface area contributed by atoms with Crippen molar-refractivity contribution in [1.29, 1.82) is 0 Å². The van der Waals surface area contributed by atoms with Crippen molar-refractivity contribution in [2.24, 2.45) is 5.92 Å². The summed E-state index contributed by atoms with van der Waals surface area (Å²) in [6.07, 6.45) is 5.14. The van der Waals surface area contributed by atoms with E-state index < -0.39 is 23.8 Å². The Bertz CT molecular complexity index is 515. The summed E-state index contributed by atoms with van der Waals surface area (Å²) in [6.45, 7) is 1.65. The number of carbonyl (C=O) groups is 1. The van der Waals surface area contributed by atoms with Crippen LogP contribution in [0.1, 0.15) is 57.1 Å². The van der Waals surface area contributed by atoms with Crippen LogP contribution in [0.25, 0.3) is 0 Å². The van der Waals surface area contributed by atoms with Crippen LogP contribution in [0.3, 0.4) is 0 Å². The van der Waals surface area contributed by atoms with Gasteiger partial charge in [-0.2, -0.15) is 0 Å². The first kappa shape index (κ1) is 16.9. The average molecular weight is 311 g/mol. The number of hydrogen-bond donors (Lipinski definition) is 2. The standard InChI is InChI=1S/C17H23F2NO2/c1-11(17(22)13-7-8-14(18)15(19)10-13)20-16(21)9-6-12-4-2-3-5-12/h7-8,10-12,17,22H,2-6,9H2,1H3,(H,20,21). The first-order valence-corrected chi connectivity index (χ1v) is 7.89. The zero-order valence-electron chi connectivity index (χ0n) is 12.8. The van der Waals surface area contributed by atoms with Crippen LogP contribution in [0.15, 0.2) is 18.2 Å². The molecule has 0 saturated heterocycles. The molecule has 0 heterocycles. The molecule has 2 rings (SSSR count). The molecule has 2 N–H and O–H groups in total. The maximum absolute atomic E-state index is 13.2. The predicted octanol–water partition coefficient (Wildman–Crippen LogP) is 3.47. The largest absolute Gasteiger partial charge is 0.386 e. The molecule has 0 bridgehead atoms. The number of benzene rings is 1. The second-order valence-corrected chi connectivity index (χ2v) is 6.16. The van der Waals surface area contributed by atoms with E-state index in [1.807, 2.05) is 0 Å². The second kappa shape index (κ2) is 7.68.